The van der Waals surface area contributed by atoms with Gasteiger partial charge in [-0.2, -0.15) is 0 Å². The standard InChI is InChI=1S/C24H29Cl2N3O6S/c1-4-10-27-24(31)20(5-2)28(13-16-6-7-17(25)11-19(16)26)23(30)14-29(36(3,32)33)18-8-9-21-22(12-18)35-15-34-21/h6-9,11-12,20H,4-5,10,13-15H2,1-3H3,(H,27,31)/t20-/m1/s1. The number of fused-ring (bicyclic) bond motifs is 1. The molecule has 0 saturated carbocycles. The van der Waals surface area contributed by atoms with E-state index in [1.165, 1.54) is 17.0 Å². The first-order valence-electron chi connectivity index (χ1n) is 11.4. The summed E-state index contributed by atoms with van der Waals surface area (Å²) in [5, 5.41) is 3.59. The third-order valence-electron chi connectivity index (χ3n) is 5.61. The first-order valence-corrected chi connectivity index (χ1v) is 14.0. The molecule has 9 nitrogen and oxygen atoms in total. The van der Waals surface area contributed by atoms with Crippen molar-refractivity contribution in [3.63, 3.8) is 0 Å². The zero-order valence-corrected chi connectivity index (χ0v) is 22.6. The molecule has 2 aromatic rings. The predicted octanol–water partition coefficient (Wildman–Crippen LogP) is 3.82. The van der Waals surface area contributed by atoms with Crippen LogP contribution >= 0.6 is 23.2 Å². The highest BCUT2D eigenvalue weighted by Gasteiger charge is 2.32. The van der Waals surface area contributed by atoms with Gasteiger partial charge in [-0.05, 0) is 42.7 Å². The quantitative estimate of drug-likeness (QED) is 0.450. The number of nitrogens with zero attached hydrogens (tertiary/aromatic N) is 2. The van der Waals surface area contributed by atoms with Crippen molar-refractivity contribution in [3.05, 3.63) is 52.0 Å². The van der Waals surface area contributed by atoms with E-state index in [2.05, 4.69) is 5.32 Å². The fourth-order valence-electron chi connectivity index (χ4n) is 3.77. The van der Waals surface area contributed by atoms with Crippen LogP contribution in [0, 0.1) is 0 Å². The predicted molar refractivity (Wildman–Crippen MR) is 139 cm³/mol. The molecule has 3 rings (SSSR count). The van der Waals surface area contributed by atoms with Gasteiger partial charge in [-0.15, -0.1) is 0 Å². The van der Waals surface area contributed by atoms with Crippen LogP contribution in [-0.4, -0.2) is 57.3 Å². The van der Waals surface area contributed by atoms with E-state index in [4.69, 9.17) is 32.7 Å². The van der Waals surface area contributed by atoms with E-state index in [9.17, 15) is 18.0 Å². The average Bonchev–Trinajstić information content (AvgIpc) is 3.29. The molecule has 2 aromatic carbocycles. The van der Waals surface area contributed by atoms with Gasteiger partial charge in [0.1, 0.15) is 12.6 Å². The summed E-state index contributed by atoms with van der Waals surface area (Å²) < 4.78 is 37.1. The van der Waals surface area contributed by atoms with Crippen molar-refractivity contribution in [1.82, 2.24) is 10.2 Å². The monoisotopic (exact) mass is 557 g/mol. The largest absolute Gasteiger partial charge is 0.454 e. The van der Waals surface area contributed by atoms with E-state index in [0.29, 0.717) is 40.1 Å². The molecular weight excluding hydrogens is 529 g/mol. The van der Waals surface area contributed by atoms with Crippen LogP contribution in [0.4, 0.5) is 5.69 Å². The highest BCUT2D eigenvalue weighted by atomic mass is 35.5. The molecule has 12 heteroatoms. The third-order valence-corrected chi connectivity index (χ3v) is 7.34. The van der Waals surface area contributed by atoms with Crippen LogP contribution in [0.2, 0.25) is 10.0 Å². The van der Waals surface area contributed by atoms with Crippen molar-refractivity contribution in [2.24, 2.45) is 0 Å². The Morgan fingerprint density at radius 2 is 1.81 bits per heavy atom. The van der Waals surface area contributed by atoms with Crippen LogP contribution in [-0.2, 0) is 26.2 Å². The van der Waals surface area contributed by atoms with Crippen LogP contribution in [0.3, 0.4) is 0 Å². The molecule has 0 bridgehead atoms. The maximum Gasteiger partial charge on any atom is 0.244 e. The van der Waals surface area contributed by atoms with Gasteiger partial charge in [-0.25, -0.2) is 8.42 Å². The van der Waals surface area contributed by atoms with Crippen LogP contribution in [0.5, 0.6) is 11.5 Å². The highest BCUT2D eigenvalue weighted by Crippen LogP contribution is 2.36. The molecule has 0 fully saturated rings. The molecule has 1 aliphatic heterocycles. The molecule has 1 atom stereocenters. The van der Waals surface area contributed by atoms with Gasteiger partial charge < -0.3 is 19.7 Å². The Kier molecular flexibility index (Phi) is 9.32. The Bertz CT molecular complexity index is 1220. The summed E-state index contributed by atoms with van der Waals surface area (Å²) in [7, 11) is -3.87. The highest BCUT2D eigenvalue weighted by molar-refractivity contribution is 7.92. The summed E-state index contributed by atoms with van der Waals surface area (Å²) in [5.74, 6) is -0.0330. The molecule has 36 heavy (non-hydrogen) atoms. The van der Waals surface area contributed by atoms with Gasteiger partial charge in [0, 0.05) is 29.2 Å². The summed E-state index contributed by atoms with van der Waals surface area (Å²) in [5.41, 5.74) is 0.813. The molecular formula is C24H29Cl2N3O6S. The Hall–Kier alpha value is -2.69. The molecule has 1 N–H and O–H groups in total. The second-order valence-electron chi connectivity index (χ2n) is 8.28. The molecule has 2 amide bonds. The number of carbonyl (C=O) groups is 2. The van der Waals surface area contributed by atoms with E-state index in [-0.39, 0.29) is 24.9 Å². The number of sulfonamides is 1. The smallest absolute Gasteiger partial charge is 0.244 e. The molecule has 0 aliphatic carbocycles. The molecule has 1 aliphatic rings. The Morgan fingerprint density at radius 3 is 2.44 bits per heavy atom. The number of benzene rings is 2. The lowest BCUT2D eigenvalue weighted by Gasteiger charge is -2.33. The lowest BCUT2D eigenvalue weighted by Crippen LogP contribution is -2.52. The minimum Gasteiger partial charge on any atom is -0.454 e. The number of ether oxygens (including phenoxy) is 2. The zero-order valence-electron chi connectivity index (χ0n) is 20.3. The SMILES string of the molecule is CCCNC(=O)[C@@H](CC)N(Cc1ccc(Cl)cc1Cl)C(=O)CN(c1ccc2c(c1)OCO2)S(C)(=O)=O. The number of hydrogen-bond donors (Lipinski definition) is 1. The molecule has 0 saturated heterocycles. The topological polar surface area (TPSA) is 105 Å². The van der Waals surface area contributed by atoms with E-state index in [1.807, 2.05) is 6.92 Å². The van der Waals surface area contributed by atoms with Crippen LogP contribution < -0.4 is 19.1 Å². The first kappa shape index (κ1) is 27.9. The van der Waals surface area contributed by atoms with Crippen molar-refractivity contribution in [3.8, 4) is 11.5 Å². The van der Waals surface area contributed by atoms with Gasteiger partial charge >= 0.3 is 0 Å². The van der Waals surface area contributed by atoms with E-state index in [0.717, 1.165) is 17.0 Å². The van der Waals surface area contributed by atoms with E-state index in [1.54, 1.807) is 31.2 Å². The van der Waals surface area contributed by atoms with Crippen molar-refractivity contribution >= 4 is 50.7 Å². The van der Waals surface area contributed by atoms with Gasteiger partial charge in [0.15, 0.2) is 11.5 Å². The third kappa shape index (κ3) is 6.74. The van der Waals surface area contributed by atoms with Crippen molar-refractivity contribution < 1.29 is 27.5 Å². The van der Waals surface area contributed by atoms with E-state index < -0.39 is 28.5 Å². The average molecular weight is 558 g/mol. The number of rotatable bonds is 11. The zero-order chi connectivity index (χ0) is 26.5. The maximum atomic E-state index is 13.7. The van der Waals surface area contributed by atoms with Crippen molar-refractivity contribution in [2.75, 3.05) is 30.4 Å². The summed E-state index contributed by atoms with van der Waals surface area (Å²) >= 11 is 12.4. The molecule has 0 unspecified atom stereocenters. The lowest BCUT2D eigenvalue weighted by atomic mass is 10.1. The van der Waals surface area contributed by atoms with Crippen LogP contribution in [0.25, 0.3) is 0 Å². The number of anilines is 1. The first-order chi connectivity index (χ1) is 17.0. The molecule has 0 radical (unpaired) electrons. The van der Waals surface area contributed by atoms with Crippen LogP contribution in [0.15, 0.2) is 36.4 Å². The summed E-state index contributed by atoms with van der Waals surface area (Å²) in [6.45, 7) is 3.65. The minimum atomic E-state index is -3.87. The second kappa shape index (κ2) is 12.0. The number of hydrogen-bond acceptors (Lipinski definition) is 6. The lowest BCUT2D eigenvalue weighted by molar-refractivity contribution is -0.140. The molecule has 0 aromatic heterocycles. The number of nitrogens with one attached hydrogen (secondary N) is 1. The summed E-state index contributed by atoms with van der Waals surface area (Å²) in [4.78, 5) is 28.0. The molecule has 1 heterocycles. The maximum absolute atomic E-state index is 13.7. The normalized spacial score (nSPS) is 13.2. The van der Waals surface area contributed by atoms with Crippen molar-refractivity contribution in [2.45, 2.75) is 39.3 Å². The fourth-order valence-corrected chi connectivity index (χ4v) is 5.08. The Balaban J connectivity index is 1.96. The Morgan fingerprint density at radius 1 is 1.08 bits per heavy atom. The van der Waals surface area contributed by atoms with Gasteiger partial charge in [-0.1, -0.05) is 43.1 Å². The number of amides is 2. The summed E-state index contributed by atoms with van der Waals surface area (Å²) in [6, 6.07) is 8.64. The van der Waals surface area contributed by atoms with Gasteiger partial charge in [0.05, 0.1) is 11.9 Å². The molecule has 196 valence electrons. The second-order valence-corrected chi connectivity index (χ2v) is 11.0. The number of halogens is 2. The van der Waals surface area contributed by atoms with E-state index >= 15 is 0 Å². The van der Waals surface area contributed by atoms with Gasteiger partial charge in [0.25, 0.3) is 0 Å². The van der Waals surface area contributed by atoms with Gasteiger partial charge in [0.2, 0.25) is 28.6 Å². The van der Waals surface area contributed by atoms with Gasteiger partial charge in [-0.3, -0.25) is 13.9 Å². The molecule has 0 spiro atoms. The number of carbonyl (C=O) groups excluding carboxylic acids is 2. The summed E-state index contributed by atoms with van der Waals surface area (Å²) in [6.07, 6.45) is 2.05. The van der Waals surface area contributed by atoms with Crippen molar-refractivity contribution in [1.29, 1.82) is 0 Å². The minimum absolute atomic E-state index is 0.00831. The Labute approximate surface area is 221 Å². The fraction of sp³-hybridized carbons (Fsp3) is 0.417. The van der Waals surface area contributed by atoms with Crippen LogP contribution in [0.1, 0.15) is 32.3 Å².